The lowest BCUT2D eigenvalue weighted by Crippen LogP contribution is -2.40. The van der Waals surface area contributed by atoms with Crippen LogP contribution in [0.2, 0.25) is 0 Å². The van der Waals surface area contributed by atoms with Crippen LogP contribution in [0.5, 0.6) is 0 Å². The number of allylic oxidation sites excluding steroid dienone is 4. The van der Waals surface area contributed by atoms with Crippen LogP contribution < -0.4 is 0 Å². The summed E-state index contributed by atoms with van der Waals surface area (Å²) in [5, 5.41) is 10.5. The topological polar surface area (TPSA) is 63.6 Å². The summed E-state index contributed by atoms with van der Waals surface area (Å²) < 4.78 is 6.20. The van der Waals surface area contributed by atoms with E-state index in [-0.39, 0.29) is 23.4 Å². The van der Waals surface area contributed by atoms with E-state index in [9.17, 15) is 14.7 Å². The Morgan fingerprint density at radius 1 is 1.17 bits per heavy atom. The molecule has 0 saturated carbocycles. The Bertz CT molecular complexity index is 759. The van der Waals surface area contributed by atoms with E-state index in [1.54, 1.807) is 39.0 Å². The van der Waals surface area contributed by atoms with E-state index in [0.717, 1.165) is 0 Å². The minimum absolute atomic E-state index is 0.0957. The van der Waals surface area contributed by atoms with E-state index < -0.39 is 11.2 Å². The van der Waals surface area contributed by atoms with Gasteiger partial charge < -0.3 is 9.84 Å². The fourth-order valence-electron chi connectivity index (χ4n) is 3.71. The smallest absolute Gasteiger partial charge is 0.210 e. The third kappa shape index (κ3) is 2.59. The monoisotopic (exact) mass is 328 g/mol. The van der Waals surface area contributed by atoms with Gasteiger partial charge in [-0.15, -0.1) is 0 Å². The Labute approximate surface area is 142 Å². The van der Waals surface area contributed by atoms with Gasteiger partial charge in [-0.2, -0.15) is 0 Å². The molecule has 1 N–H and O–H groups in total. The number of hydrogen-bond acceptors (Lipinski definition) is 4. The van der Waals surface area contributed by atoms with Crippen molar-refractivity contribution in [2.75, 3.05) is 0 Å². The molecule has 0 aromatic rings. The summed E-state index contributed by atoms with van der Waals surface area (Å²) in [6.45, 7) is 9.18. The number of aliphatic hydroxyl groups is 1. The molecule has 2 heterocycles. The van der Waals surface area contributed by atoms with Crippen molar-refractivity contribution in [2.45, 2.75) is 58.7 Å². The van der Waals surface area contributed by atoms with Crippen molar-refractivity contribution in [2.24, 2.45) is 5.41 Å². The van der Waals surface area contributed by atoms with Gasteiger partial charge >= 0.3 is 0 Å². The van der Waals surface area contributed by atoms with E-state index in [2.05, 4.69) is 0 Å². The van der Waals surface area contributed by atoms with Crippen molar-refractivity contribution in [3.63, 3.8) is 0 Å². The van der Waals surface area contributed by atoms with Gasteiger partial charge in [-0.1, -0.05) is 19.9 Å². The second-order valence-electron chi connectivity index (χ2n) is 8.13. The van der Waals surface area contributed by atoms with Gasteiger partial charge in [0.25, 0.3) is 0 Å². The van der Waals surface area contributed by atoms with E-state index >= 15 is 0 Å². The number of Topliss-reactive ketones (excluding diaryl/α,β-unsaturated/α-hetero) is 1. The molecular weight excluding hydrogens is 304 g/mol. The minimum atomic E-state index is -1.20. The maximum Gasteiger partial charge on any atom is 0.210 e. The number of carbonyl (C=O) groups excluding carboxylic acids is 2. The molecule has 0 amide bonds. The molecule has 0 aromatic carbocycles. The number of ketones is 2. The second kappa shape index (κ2) is 5.03. The summed E-state index contributed by atoms with van der Waals surface area (Å²) >= 11 is 0. The zero-order valence-corrected chi connectivity index (χ0v) is 14.9. The molecule has 4 nitrogen and oxygen atoms in total. The van der Waals surface area contributed by atoms with Crippen LogP contribution in [-0.4, -0.2) is 27.9 Å². The van der Waals surface area contributed by atoms with E-state index in [0.29, 0.717) is 28.9 Å². The van der Waals surface area contributed by atoms with Crippen molar-refractivity contribution >= 4 is 11.6 Å². The Kier molecular flexibility index (Phi) is 3.54. The first-order chi connectivity index (χ1) is 11.0. The van der Waals surface area contributed by atoms with Crippen LogP contribution in [0.25, 0.3) is 0 Å². The third-order valence-corrected chi connectivity index (χ3v) is 5.03. The zero-order valence-electron chi connectivity index (χ0n) is 14.9. The molecule has 2 unspecified atom stereocenters. The average molecular weight is 328 g/mol. The SMILES string of the molecule is CC1=CC2=CC(C)(O)CC23OC(=C(C)C3=O)CC(C)(C)C=CC1=O. The largest absolute Gasteiger partial charge is 0.478 e. The van der Waals surface area contributed by atoms with E-state index in [1.807, 2.05) is 19.9 Å². The van der Waals surface area contributed by atoms with Gasteiger partial charge in [0.05, 0.1) is 5.60 Å². The molecule has 0 aromatic heterocycles. The number of fused-ring (bicyclic) bond motifs is 1. The standard InChI is InChI=1S/C20H24O4/c1-12-8-14-9-19(5,23)11-20(14)17(22)13(2)16(24-20)10-18(3,4)7-6-15(12)21/h6-9,23H,10-11H2,1-5H3. The van der Waals surface area contributed by atoms with Gasteiger partial charge in [-0.25, -0.2) is 0 Å². The number of hydrogen-bond donors (Lipinski definition) is 1. The molecule has 4 heteroatoms. The first-order valence-corrected chi connectivity index (χ1v) is 8.27. The van der Waals surface area contributed by atoms with Crippen molar-refractivity contribution in [1.82, 2.24) is 0 Å². The molecule has 1 aliphatic carbocycles. The molecule has 128 valence electrons. The second-order valence-corrected chi connectivity index (χ2v) is 8.13. The molecule has 2 bridgehead atoms. The average Bonchev–Trinajstić information content (AvgIpc) is 2.83. The molecule has 2 aliphatic heterocycles. The molecule has 1 spiro atoms. The maximum atomic E-state index is 13.0. The van der Waals surface area contributed by atoms with Crippen LogP contribution in [0, 0.1) is 5.41 Å². The zero-order chi connectivity index (χ0) is 17.9. The molecule has 0 radical (unpaired) electrons. The van der Waals surface area contributed by atoms with Crippen LogP contribution in [0.3, 0.4) is 0 Å². The van der Waals surface area contributed by atoms with Gasteiger partial charge in [0.15, 0.2) is 11.4 Å². The summed E-state index contributed by atoms with van der Waals surface area (Å²) in [4.78, 5) is 25.4. The molecule has 2 atom stereocenters. The third-order valence-electron chi connectivity index (χ3n) is 5.03. The van der Waals surface area contributed by atoms with Crippen LogP contribution in [-0.2, 0) is 14.3 Å². The van der Waals surface area contributed by atoms with Crippen molar-refractivity contribution < 1.29 is 19.4 Å². The van der Waals surface area contributed by atoms with Crippen molar-refractivity contribution in [3.8, 4) is 0 Å². The van der Waals surface area contributed by atoms with Crippen LogP contribution in [0.1, 0.15) is 47.5 Å². The lowest BCUT2D eigenvalue weighted by atomic mass is 9.83. The highest BCUT2D eigenvalue weighted by atomic mass is 16.5. The first kappa shape index (κ1) is 16.9. The van der Waals surface area contributed by atoms with Gasteiger partial charge in [-0.05, 0) is 50.0 Å². The number of rotatable bonds is 0. The van der Waals surface area contributed by atoms with Gasteiger partial charge in [0.1, 0.15) is 5.76 Å². The quantitative estimate of drug-likeness (QED) is 0.742. The molecule has 3 aliphatic rings. The maximum absolute atomic E-state index is 13.0. The fraction of sp³-hybridized carbons (Fsp3) is 0.500. The normalized spacial score (nSPS) is 35.2. The summed E-state index contributed by atoms with van der Waals surface area (Å²) in [5.41, 5.74) is -0.951. The first-order valence-electron chi connectivity index (χ1n) is 8.27. The number of carbonyl (C=O) groups is 2. The van der Waals surface area contributed by atoms with Gasteiger partial charge in [0, 0.05) is 24.0 Å². The van der Waals surface area contributed by atoms with Crippen molar-refractivity contribution in [1.29, 1.82) is 0 Å². The Hall–Kier alpha value is -1.94. The summed E-state index contributed by atoms with van der Waals surface area (Å²) in [6, 6.07) is 0. The predicted molar refractivity (Wildman–Crippen MR) is 91.1 cm³/mol. The van der Waals surface area contributed by atoms with Gasteiger partial charge in [-0.3, -0.25) is 9.59 Å². The summed E-state index contributed by atoms with van der Waals surface area (Å²) in [6.07, 6.45) is 7.48. The summed E-state index contributed by atoms with van der Waals surface area (Å²) in [7, 11) is 0. The highest BCUT2D eigenvalue weighted by Crippen LogP contribution is 2.50. The fourth-order valence-corrected chi connectivity index (χ4v) is 3.71. The molecule has 24 heavy (non-hydrogen) atoms. The highest BCUT2D eigenvalue weighted by Gasteiger charge is 2.57. The molecular formula is C20H24O4. The molecule has 0 fully saturated rings. The van der Waals surface area contributed by atoms with E-state index in [1.165, 1.54) is 0 Å². The Morgan fingerprint density at radius 2 is 1.83 bits per heavy atom. The van der Waals surface area contributed by atoms with Crippen LogP contribution >= 0.6 is 0 Å². The molecule has 3 rings (SSSR count). The lowest BCUT2D eigenvalue weighted by molar-refractivity contribution is -0.129. The Morgan fingerprint density at radius 3 is 2.50 bits per heavy atom. The van der Waals surface area contributed by atoms with Gasteiger partial charge in [0.2, 0.25) is 5.78 Å². The molecule has 0 saturated heterocycles. The Balaban J connectivity index is 2.20. The summed E-state index contributed by atoms with van der Waals surface area (Å²) in [5.74, 6) is 0.443. The minimum Gasteiger partial charge on any atom is -0.478 e. The lowest BCUT2D eigenvalue weighted by Gasteiger charge is -2.29. The van der Waals surface area contributed by atoms with E-state index in [4.69, 9.17) is 4.74 Å². The van der Waals surface area contributed by atoms with Crippen LogP contribution in [0.4, 0.5) is 0 Å². The van der Waals surface area contributed by atoms with Crippen molar-refractivity contribution in [3.05, 3.63) is 46.8 Å². The van der Waals surface area contributed by atoms with Crippen LogP contribution in [0.15, 0.2) is 46.8 Å². The highest BCUT2D eigenvalue weighted by molar-refractivity contribution is 6.08. The predicted octanol–water partition coefficient (Wildman–Crippen LogP) is 3.18. The number of ether oxygens (including phenoxy) is 1.